The Labute approximate surface area is 152 Å². The Morgan fingerprint density at radius 3 is 2.72 bits per heavy atom. The highest BCUT2D eigenvalue weighted by Gasteiger charge is 2.26. The lowest BCUT2D eigenvalue weighted by Gasteiger charge is -2.19. The van der Waals surface area contributed by atoms with Crippen molar-refractivity contribution >= 4 is 21.2 Å². The van der Waals surface area contributed by atoms with Crippen LogP contribution in [0.5, 0.6) is 5.75 Å². The minimum atomic E-state index is -2.86. The molecule has 0 unspecified atom stereocenters. The zero-order valence-electron chi connectivity index (χ0n) is 14.4. The molecule has 0 aliphatic carbocycles. The molecule has 1 aliphatic heterocycles. The first kappa shape index (κ1) is 18.3. The van der Waals surface area contributed by atoms with Crippen LogP contribution in [-0.4, -0.2) is 24.9 Å². The number of benzene rings is 1. The number of hydrogen-bond donors (Lipinski definition) is 0. The number of hydrogen-bond acceptors (Lipinski definition) is 5. The number of nitrogens with zero attached hydrogens (tertiary/aromatic N) is 1. The molecule has 1 aliphatic rings. The monoisotopic (exact) mass is 383 g/mol. The van der Waals surface area contributed by atoms with Crippen LogP contribution in [0.1, 0.15) is 54.8 Å². The summed E-state index contributed by atoms with van der Waals surface area (Å²) in [4.78, 5) is 4.60. The molecule has 0 atom stereocenters. The van der Waals surface area contributed by atoms with Crippen molar-refractivity contribution in [2.24, 2.45) is 0 Å². The fourth-order valence-electron chi connectivity index (χ4n) is 2.98. The minimum Gasteiger partial charge on any atom is -0.487 e. The molecule has 1 aromatic heterocycles. The zero-order chi connectivity index (χ0) is 18.0. The first-order valence-corrected chi connectivity index (χ1v) is 11.1. The number of thiazole rings is 1. The number of rotatable bonds is 5. The van der Waals surface area contributed by atoms with Gasteiger partial charge in [-0.3, -0.25) is 0 Å². The van der Waals surface area contributed by atoms with Crippen LogP contribution in [0.3, 0.4) is 0 Å². The van der Waals surface area contributed by atoms with Gasteiger partial charge in [0.25, 0.3) is 0 Å². The van der Waals surface area contributed by atoms with Crippen LogP contribution in [0.25, 0.3) is 0 Å². The van der Waals surface area contributed by atoms with E-state index in [0.717, 1.165) is 16.3 Å². The average Bonchev–Trinajstić information content (AvgIpc) is 3.01. The van der Waals surface area contributed by atoms with Crippen LogP contribution < -0.4 is 4.74 Å². The standard InChI is InChI=1S/C18H22FNO3S2/c1-12(2)16-4-3-14(19)9-17(16)23-10-15-11-24-18(20-15)13-5-7-25(21,22)8-6-13/h3-4,9,11-13H,5-8,10H2,1-2H3. The summed E-state index contributed by atoms with van der Waals surface area (Å²) in [5.74, 6) is 1.16. The quantitative estimate of drug-likeness (QED) is 0.773. The van der Waals surface area contributed by atoms with Crippen molar-refractivity contribution in [2.75, 3.05) is 11.5 Å². The first-order valence-electron chi connectivity index (χ1n) is 8.41. The number of sulfone groups is 1. The molecule has 1 fully saturated rings. The largest absolute Gasteiger partial charge is 0.487 e. The molecule has 25 heavy (non-hydrogen) atoms. The molecule has 0 amide bonds. The van der Waals surface area contributed by atoms with E-state index < -0.39 is 9.84 Å². The molecule has 136 valence electrons. The maximum absolute atomic E-state index is 13.5. The van der Waals surface area contributed by atoms with Crippen LogP contribution in [0.15, 0.2) is 23.6 Å². The van der Waals surface area contributed by atoms with Crippen LogP contribution >= 0.6 is 11.3 Å². The van der Waals surface area contributed by atoms with Crippen LogP contribution in [0.4, 0.5) is 4.39 Å². The molecule has 2 heterocycles. The summed E-state index contributed by atoms with van der Waals surface area (Å²) < 4.78 is 42.4. The molecular formula is C18H22FNO3S2. The highest BCUT2D eigenvalue weighted by atomic mass is 32.2. The van der Waals surface area contributed by atoms with Crippen molar-refractivity contribution < 1.29 is 17.5 Å². The molecule has 3 rings (SSSR count). The molecule has 0 spiro atoms. The number of aromatic nitrogens is 1. The van der Waals surface area contributed by atoms with E-state index in [1.54, 1.807) is 17.4 Å². The topological polar surface area (TPSA) is 56.3 Å². The van der Waals surface area contributed by atoms with Gasteiger partial charge in [-0.05, 0) is 30.4 Å². The zero-order valence-corrected chi connectivity index (χ0v) is 16.0. The van der Waals surface area contributed by atoms with Crippen molar-refractivity contribution in [1.29, 1.82) is 0 Å². The summed E-state index contributed by atoms with van der Waals surface area (Å²) >= 11 is 1.54. The van der Waals surface area contributed by atoms with Gasteiger partial charge in [-0.25, -0.2) is 17.8 Å². The average molecular weight is 384 g/mol. The van der Waals surface area contributed by atoms with Gasteiger partial charge >= 0.3 is 0 Å². The van der Waals surface area contributed by atoms with Gasteiger partial charge in [0.2, 0.25) is 0 Å². The summed E-state index contributed by atoms with van der Waals surface area (Å²) in [5.41, 5.74) is 1.77. The maximum atomic E-state index is 13.5. The van der Waals surface area contributed by atoms with Crippen molar-refractivity contribution in [2.45, 2.75) is 45.1 Å². The Morgan fingerprint density at radius 1 is 1.32 bits per heavy atom. The smallest absolute Gasteiger partial charge is 0.150 e. The third kappa shape index (κ3) is 4.58. The Balaban J connectivity index is 1.66. The molecule has 0 bridgehead atoms. The summed E-state index contributed by atoms with van der Waals surface area (Å²) in [6.45, 7) is 4.36. The van der Waals surface area contributed by atoms with Crippen molar-refractivity contribution in [3.05, 3.63) is 45.7 Å². The molecule has 4 nitrogen and oxygen atoms in total. The van der Waals surface area contributed by atoms with Crippen LogP contribution in [0.2, 0.25) is 0 Å². The summed E-state index contributed by atoms with van der Waals surface area (Å²) in [7, 11) is -2.86. The van der Waals surface area contributed by atoms with Crippen molar-refractivity contribution in [3.63, 3.8) is 0 Å². The van der Waals surface area contributed by atoms with E-state index in [-0.39, 0.29) is 35.8 Å². The minimum absolute atomic E-state index is 0.211. The van der Waals surface area contributed by atoms with E-state index in [0.29, 0.717) is 18.6 Å². The first-order chi connectivity index (χ1) is 11.8. The van der Waals surface area contributed by atoms with Gasteiger partial charge in [-0.1, -0.05) is 19.9 Å². The fraction of sp³-hybridized carbons (Fsp3) is 0.500. The van der Waals surface area contributed by atoms with Gasteiger partial charge in [0, 0.05) is 17.4 Å². The number of halogens is 1. The fourth-order valence-corrected chi connectivity index (χ4v) is 5.44. The lowest BCUT2D eigenvalue weighted by molar-refractivity contribution is 0.295. The maximum Gasteiger partial charge on any atom is 0.150 e. The third-order valence-corrected chi connectivity index (χ3v) is 7.22. The van der Waals surface area contributed by atoms with Gasteiger partial charge in [-0.15, -0.1) is 11.3 Å². The lowest BCUT2D eigenvalue weighted by Crippen LogP contribution is -2.22. The van der Waals surface area contributed by atoms with Crippen LogP contribution in [0, 0.1) is 5.82 Å². The summed E-state index contributed by atoms with van der Waals surface area (Å²) in [6, 6.07) is 4.61. The Kier molecular flexibility index (Phi) is 5.43. The molecule has 7 heteroatoms. The molecule has 1 aromatic carbocycles. The van der Waals surface area contributed by atoms with E-state index in [1.807, 2.05) is 19.2 Å². The highest BCUT2D eigenvalue weighted by Crippen LogP contribution is 2.32. The van der Waals surface area contributed by atoms with Crippen molar-refractivity contribution in [3.8, 4) is 5.75 Å². The van der Waals surface area contributed by atoms with E-state index in [9.17, 15) is 12.8 Å². The normalized spacial score (nSPS) is 17.8. The van der Waals surface area contributed by atoms with Gasteiger partial charge in [-0.2, -0.15) is 0 Å². The second kappa shape index (κ2) is 7.41. The van der Waals surface area contributed by atoms with Gasteiger partial charge in [0.05, 0.1) is 22.2 Å². The van der Waals surface area contributed by atoms with E-state index in [2.05, 4.69) is 4.98 Å². The Morgan fingerprint density at radius 2 is 2.04 bits per heavy atom. The van der Waals surface area contributed by atoms with E-state index >= 15 is 0 Å². The molecule has 0 saturated carbocycles. The highest BCUT2D eigenvalue weighted by molar-refractivity contribution is 7.91. The predicted octanol–water partition coefficient (Wildman–Crippen LogP) is 4.28. The van der Waals surface area contributed by atoms with Crippen molar-refractivity contribution in [1.82, 2.24) is 4.98 Å². The summed E-state index contributed by atoms with van der Waals surface area (Å²) in [6.07, 6.45) is 1.27. The molecule has 1 saturated heterocycles. The second-order valence-electron chi connectivity index (χ2n) is 6.73. The second-order valence-corrected chi connectivity index (χ2v) is 9.92. The molecule has 2 aromatic rings. The van der Waals surface area contributed by atoms with Gasteiger partial charge in [0.1, 0.15) is 28.0 Å². The molecule has 0 radical (unpaired) electrons. The SMILES string of the molecule is CC(C)c1ccc(F)cc1OCc1csc(C2CCS(=O)(=O)CC2)n1. The number of ether oxygens (including phenoxy) is 1. The third-order valence-electron chi connectivity index (χ3n) is 4.45. The molecule has 0 N–H and O–H groups in total. The lowest BCUT2D eigenvalue weighted by atomic mass is 10.0. The van der Waals surface area contributed by atoms with Gasteiger partial charge in [0.15, 0.2) is 0 Å². The van der Waals surface area contributed by atoms with E-state index in [1.165, 1.54) is 12.1 Å². The van der Waals surface area contributed by atoms with E-state index in [4.69, 9.17) is 4.74 Å². The van der Waals surface area contributed by atoms with Crippen LogP contribution in [-0.2, 0) is 16.4 Å². The molecular weight excluding hydrogens is 361 g/mol. The van der Waals surface area contributed by atoms with Gasteiger partial charge < -0.3 is 4.74 Å². The predicted molar refractivity (Wildman–Crippen MR) is 97.6 cm³/mol. The Bertz CT molecular complexity index is 832. The Hall–Kier alpha value is -1.47. The summed E-state index contributed by atoms with van der Waals surface area (Å²) in [5, 5.41) is 2.91.